The number of fused-ring (bicyclic) bond motifs is 2. The second-order valence-electron chi connectivity index (χ2n) is 17.2. The van der Waals surface area contributed by atoms with Crippen LogP contribution in [0.15, 0.2) is 132 Å². The van der Waals surface area contributed by atoms with Gasteiger partial charge >= 0.3 is 18.1 Å². The van der Waals surface area contributed by atoms with Crippen LogP contribution in [0.1, 0.15) is 56.7 Å². The number of aliphatic hydroxyl groups is 1. The number of urea groups is 1. The van der Waals surface area contributed by atoms with Gasteiger partial charge in [0.1, 0.15) is 30.3 Å². The van der Waals surface area contributed by atoms with E-state index in [1.165, 1.54) is 17.0 Å². The number of alkyl carbamates (subject to hydrolysis) is 1. The van der Waals surface area contributed by atoms with Crippen LogP contribution in [0.25, 0.3) is 10.9 Å². The molecule has 3 amide bonds. The molecule has 3 saturated heterocycles. The Kier molecular flexibility index (Phi) is 12.7. The summed E-state index contributed by atoms with van der Waals surface area (Å²) in [5, 5.41) is 30.7. The Morgan fingerprint density at radius 3 is 2.41 bits per heavy atom. The van der Waals surface area contributed by atoms with E-state index in [-0.39, 0.29) is 54.8 Å². The standard InChI is InChI=1S/C51H52N6O9/c1-56(49(62)53-37-16-12-32(13-17-37)27-52-28-44(59)39-18-20-43(58)47-40(39)19-21-45(60)54-47)24-25-64-48(61)35-14-10-33(11-15-35)30-65-38-9-5-8-36(26-38)46(34-6-3-2-4-7-34)55-50(63)66-51-31-57-23-22-41(51)42(51)29-57/h2-21,26,41-42,44,46,52,58-59H,22-25,27-31H2,1H3,(H,53,62)(H,54,60)(H,55,63)/t41?,42?,44-,46-,51+/m0/s1. The van der Waals surface area contributed by atoms with Gasteiger partial charge in [0, 0.05) is 62.2 Å². The van der Waals surface area contributed by atoms with E-state index in [4.69, 9.17) is 14.2 Å². The Morgan fingerprint density at radius 1 is 0.894 bits per heavy atom. The molecular weight excluding hydrogens is 841 g/mol. The lowest BCUT2D eigenvalue weighted by molar-refractivity contribution is 0.0435. The summed E-state index contributed by atoms with van der Waals surface area (Å²) in [7, 11) is 1.61. The van der Waals surface area contributed by atoms with Crippen LogP contribution < -0.4 is 26.2 Å². The number of H-pyrrole nitrogens is 1. The van der Waals surface area contributed by atoms with Crippen LogP contribution in [0.2, 0.25) is 0 Å². The first-order valence-electron chi connectivity index (χ1n) is 22.1. The number of piperidine rings is 3. The number of anilines is 1. The van der Waals surface area contributed by atoms with Crippen molar-refractivity contribution in [2.45, 2.75) is 37.3 Å². The van der Waals surface area contributed by atoms with Crippen molar-refractivity contribution in [1.82, 2.24) is 25.4 Å². The smallest absolute Gasteiger partial charge is 0.408 e. The van der Waals surface area contributed by atoms with Gasteiger partial charge in [0.2, 0.25) is 5.56 Å². The van der Waals surface area contributed by atoms with Crippen LogP contribution in [0.5, 0.6) is 11.5 Å². The molecule has 3 unspecified atom stereocenters. The van der Waals surface area contributed by atoms with Gasteiger partial charge in [0.15, 0.2) is 0 Å². The van der Waals surface area contributed by atoms with E-state index in [0.29, 0.717) is 46.3 Å². The number of ether oxygens (including phenoxy) is 3. The highest BCUT2D eigenvalue weighted by molar-refractivity contribution is 5.90. The predicted molar refractivity (Wildman–Crippen MR) is 247 cm³/mol. The number of aromatic hydroxyl groups is 1. The Labute approximate surface area is 381 Å². The molecule has 10 rings (SSSR count). The lowest BCUT2D eigenvalue weighted by Crippen LogP contribution is -2.42. The number of aromatic amines is 1. The number of aliphatic hydroxyl groups excluding tert-OH is 1. The number of hydrogen-bond acceptors (Lipinski definition) is 11. The van der Waals surface area contributed by atoms with Crippen LogP contribution in [0, 0.1) is 11.8 Å². The number of carbonyl (C=O) groups excluding carboxylic acids is 3. The Balaban J connectivity index is 0.699. The van der Waals surface area contributed by atoms with E-state index in [9.17, 15) is 29.4 Å². The maximum absolute atomic E-state index is 13.4. The van der Waals surface area contributed by atoms with Crippen LogP contribution >= 0.6 is 0 Å². The number of amides is 3. The third-order valence-corrected chi connectivity index (χ3v) is 12.9. The first-order valence-corrected chi connectivity index (χ1v) is 22.1. The zero-order valence-corrected chi connectivity index (χ0v) is 36.4. The zero-order chi connectivity index (χ0) is 45.8. The number of likely N-dealkylation sites (N-methyl/N-ethyl adjacent to an activating group) is 1. The number of benzene rings is 5. The minimum absolute atomic E-state index is 0.00461. The third-order valence-electron chi connectivity index (χ3n) is 12.9. The maximum atomic E-state index is 13.4. The number of nitrogens with one attached hydrogen (secondary N) is 4. The molecule has 4 bridgehead atoms. The lowest BCUT2D eigenvalue weighted by Gasteiger charge is -2.29. The summed E-state index contributed by atoms with van der Waals surface area (Å²) in [5.41, 5.74) is 4.66. The molecule has 4 fully saturated rings. The first-order chi connectivity index (χ1) is 32.0. The Bertz CT molecular complexity index is 2760. The maximum Gasteiger partial charge on any atom is 0.408 e. The monoisotopic (exact) mass is 892 g/mol. The van der Waals surface area contributed by atoms with Crippen molar-refractivity contribution in [3.63, 3.8) is 0 Å². The number of hydrogen-bond donors (Lipinski definition) is 6. The molecule has 1 saturated carbocycles. The van der Waals surface area contributed by atoms with Crippen molar-refractivity contribution >= 4 is 34.7 Å². The highest BCUT2D eigenvalue weighted by Gasteiger charge is 2.74. The number of phenolic OH excluding ortho intramolecular Hbond substituents is 1. The molecule has 4 aliphatic rings. The first kappa shape index (κ1) is 44.0. The SMILES string of the molecule is CN(CCOC(=O)c1ccc(COc2cccc([C@@H](NC(=O)O[C@]34CN5CCC3C4C5)c3ccccc3)c2)cc1)C(=O)Nc1ccc(CNC[C@H](O)c2ccc(O)c3[nH]c(=O)ccc23)cc1. The minimum Gasteiger partial charge on any atom is -0.506 e. The number of phenols is 1. The largest absolute Gasteiger partial charge is 0.506 e. The van der Waals surface area contributed by atoms with E-state index in [1.807, 2.05) is 66.7 Å². The van der Waals surface area contributed by atoms with E-state index in [2.05, 4.69) is 25.8 Å². The molecule has 6 aromatic rings. The van der Waals surface area contributed by atoms with Gasteiger partial charge in [0.05, 0.1) is 29.8 Å². The number of aromatic nitrogens is 1. The van der Waals surface area contributed by atoms with Crippen molar-refractivity contribution in [3.8, 4) is 11.5 Å². The zero-order valence-electron chi connectivity index (χ0n) is 36.4. The van der Waals surface area contributed by atoms with Crippen LogP contribution in [0.3, 0.4) is 0 Å². The molecule has 0 radical (unpaired) electrons. The number of nitrogens with zero attached hydrogens (tertiary/aromatic N) is 2. The summed E-state index contributed by atoms with van der Waals surface area (Å²) in [4.78, 5) is 57.2. The van der Waals surface area contributed by atoms with Gasteiger partial charge in [-0.3, -0.25) is 9.69 Å². The van der Waals surface area contributed by atoms with E-state index in [1.54, 1.807) is 55.6 Å². The Hall–Kier alpha value is -7.20. The van der Waals surface area contributed by atoms with Gasteiger partial charge in [-0.25, -0.2) is 14.4 Å². The van der Waals surface area contributed by atoms with E-state index >= 15 is 0 Å². The molecule has 15 heteroatoms. The molecule has 15 nitrogen and oxygen atoms in total. The average Bonchev–Trinajstić information content (AvgIpc) is 3.82. The molecule has 4 heterocycles. The molecule has 6 atom stereocenters. The summed E-state index contributed by atoms with van der Waals surface area (Å²) < 4.78 is 17.8. The molecule has 340 valence electrons. The Morgan fingerprint density at radius 2 is 1.67 bits per heavy atom. The summed E-state index contributed by atoms with van der Waals surface area (Å²) in [6, 6.07) is 36.8. The van der Waals surface area contributed by atoms with Crippen molar-refractivity contribution in [1.29, 1.82) is 0 Å². The number of rotatable bonds is 17. The van der Waals surface area contributed by atoms with Gasteiger partial charge in [-0.15, -0.1) is 0 Å². The second-order valence-corrected chi connectivity index (χ2v) is 17.2. The fourth-order valence-corrected chi connectivity index (χ4v) is 9.31. The molecule has 66 heavy (non-hydrogen) atoms. The quantitative estimate of drug-likeness (QED) is 0.0550. The number of esters is 1. The fourth-order valence-electron chi connectivity index (χ4n) is 9.31. The summed E-state index contributed by atoms with van der Waals surface area (Å²) >= 11 is 0. The van der Waals surface area contributed by atoms with Crippen LogP contribution in [-0.2, 0) is 22.6 Å². The molecule has 3 aliphatic heterocycles. The minimum atomic E-state index is -0.890. The van der Waals surface area contributed by atoms with Crippen molar-refractivity contribution < 1.29 is 38.8 Å². The van der Waals surface area contributed by atoms with Crippen molar-refractivity contribution in [3.05, 3.63) is 171 Å². The van der Waals surface area contributed by atoms with Crippen LogP contribution in [-0.4, -0.2) is 95.1 Å². The molecular formula is C51H52N6O9. The van der Waals surface area contributed by atoms with E-state index in [0.717, 1.165) is 48.3 Å². The average molecular weight is 893 g/mol. The van der Waals surface area contributed by atoms with Gasteiger partial charge < -0.3 is 50.3 Å². The third kappa shape index (κ3) is 9.73. The lowest BCUT2D eigenvalue weighted by atomic mass is 9.98. The van der Waals surface area contributed by atoms with Gasteiger partial charge in [-0.05, 0) is 89.3 Å². The highest BCUT2D eigenvalue weighted by Crippen LogP contribution is 2.62. The second kappa shape index (κ2) is 19.1. The molecule has 1 aliphatic carbocycles. The van der Waals surface area contributed by atoms with Gasteiger partial charge in [-0.2, -0.15) is 0 Å². The predicted octanol–water partition coefficient (Wildman–Crippen LogP) is 6.48. The summed E-state index contributed by atoms with van der Waals surface area (Å²) in [5.74, 6) is 0.958. The van der Waals surface area contributed by atoms with Gasteiger partial charge in [0.25, 0.3) is 0 Å². The topological polar surface area (TPSA) is 195 Å². The molecule has 6 N–H and O–H groups in total. The van der Waals surface area contributed by atoms with Crippen molar-refractivity contribution in [2.75, 3.05) is 51.7 Å². The van der Waals surface area contributed by atoms with Gasteiger partial charge in [-0.1, -0.05) is 72.8 Å². The summed E-state index contributed by atoms with van der Waals surface area (Å²) in [6.45, 7) is 4.00. The highest BCUT2D eigenvalue weighted by atomic mass is 16.6. The number of carbonyl (C=O) groups is 3. The molecule has 1 aromatic heterocycles. The molecule has 0 spiro atoms. The number of pyridine rings is 1. The summed E-state index contributed by atoms with van der Waals surface area (Å²) in [6.07, 6.45) is -0.217. The van der Waals surface area contributed by atoms with E-state index < -0.39 is 24.2 Å². The molecule has 5 aromatic carbocycles. The normalized spacial score (nSPS) is 19.9. The fraction of sp³-hybridized carbons (Fsp3) is 0.294. The van der Waals surface area contributed by atoms with Crippen LogP contribution in [0.4, 0.5) is 15.3 Å². The van der Waals surface area contributed by atoms with Crippen molar-refractivity contribution in [2.24, 2.45) is 11.8 Å².